The lowest BCUT2D eigenvalue weighted by atomic mass is 9.84. The van der Waals surface area contributed by atoms with Crippen LogP contribution in [0, 0.1) is 69.8 Å². The average Bonchev–Trinajstić information content (AvgIpc) is 2.87. The average molecular weight is 546 g/mol. The summed E-state index contributed by atoms with van der Waals surface area (Å²) in [6.45, 7) is 0. The molecule has 194 valence electrons. The Kier molecular flexibility index (Phi) is 5.80. The molecule has 0 nitrogen and oxygen atoms in total. The van der Waals surface area contributed by atoms with Crippen molar-refractivity contribution in [3.63, 3.8) is 0 Å². The van der Waals surface area contributed by atoms with E-state index in [-0.39, 0.29) is 18.2 Å². The highest BCUT2D eigenvalue weighted by Gasteiger charge is 2.33. The first-order valence-electron chi connectivity index (χ1n) is 10.2. The lowest BCUT2D eigenvalue weighted by molar-refractivity contribution is 0.418. The first-order valence-corrected chi connectivity index (χ1v) is 10.2. The van der Waals surface area contributed by atoms with E-state index in [0.717, 1.165) is 12.1 Å². The molecular formula is C26H6F12. The second-order valence-corrected chi connectivity index (χ2v) is 8.02. The molecule has 0 saturated heterocycles. The van der Waals surface area contributed by atoms with Crippen LogP contribution >= 0.6 is 0 Å². The highest BCUT2D eigenvalue weighted by Crippen LogP contribution is 2.49. The third kappa shape index (κ3) is 3.42. The number of benzene rings is 5. The lowest BCUT2D eigenvalue weighted by Gasteiger charge is -2.20. The molecule has 0 atom stereocenters. The van der Waals surface area contributed by atoms with Gasteiger partial charge in [-0.1, -0.05) is 12.1 Å². The third-order valence-corrected chi connectivity index (χ3v) is 5.93. The highest BCUT2D eigenvalue weighted by molar-refractivity contribution is 6.22. The quantitative estimate of drug-likeness (QED) is 0.0898. The van der Waals surface area contributed by atoms with Crippen LogP contribution in [0.25, 0.3) is 43.8 Å². The maximum absolute atomic E-state index is 15.3. The Morgan fingerprint density at radius 2 is 0.816 bits per heavy atom. The number of hydrogen-bond acceptors (Lipinski definition) is 0. The zero-order valence-corrected chi connectivity index (χ0v) is 18.0. The van der Waals surface area contributed by atoms with Gasteiger partial charge in [-0.05, 0) is 29.1 Å². The Morgan fingerprint density at radius 3 is 1.34 bits per heavy atom. The minimum absolute atomic E-state index is 0.235. The molecule has 5 rings (SSSR count). The van der Waals surface area contributed by atoms with E-state index in [0.29, 0.717) is 6.07 Å². The minimum atomic E-state index is -2.56. The molecule has 12 heteroatoms. The van der Waals surface area contributed by atoms with Crippen LogP contribution in [0.4, 0.5) is 52.7 Å². The van der Waals surface area contributed by atoms with E-state index >= 15 is 13.2 Å². The van der Waals surface area contributed by atoms with Crippen molar-refractivity contribution < 1.29 is 52.7 Å². The van der Waals surface area contributed by atoms with Crippen molar-refractivity contribution >= 4 is 21.5 Å². The van der Waals surface area contributed by atoms with Crippen molar-refractivity contribution in [3.8, 4) is 22.3 Å². The van der Waals surface area contributed by atoms with E-state index in [1.165, 1.54) is 0 Å². The number of fused-ring (bicyclic) bond motifs is 2. The Bertz CT molecular complexity index is 1790. The molecule has 0 saturated carbocycles. The molecule has 0 aliphatic carbocycles. The van der Waals surface area contributed by atoms with Crippen LogP contribution in [0.1, 0.15) is 0 Å². The predicted octanol–water partition coefficient (Wildman–Crippen LogP) is 9.00. The van der Waals surface area contributed by atoms with Crippen LogP contribution < -0.4 is 0 Å². The van der Waals surface area contributed by atoms with Crippen LogP contribution in [-0.4, -0.2) is 0 Å². The first kappa shape index (κ1) is 25.4. The van der Waals surface area contributed by atoms with E-state index in [2.05, 4.69) is 0 Å². The third-order valence-electron chi connectivity index (χ3n) is 5.93. The summed E-state index contributed by atoms with van der Waals surface area (Å²) in [5.41, 5.74) is -5.09. The van der Waals surface area contributed by atoms with Crippen molar-refractivity contribution in [2.75, 3.05) is 0 Å². The monoisotopic (exact) mass is 546 g/mol. The zero-order valence-electron chi connectivity index (χ0n) is 18.0. The summed E-state index contributed by atoms with van der Waals surface area (Å²) >= 11 is 0. The summed E-state index contributed by atoms with van der Waals surface area (Å²) < 4.78 is 174. The minimum Gasteiger partial charge on any atom is -0.206 e. The normalized spacial score (nSPS) is 11.7. The van der Waals surface area contributed by atoms with Crippen molar-refractivity contribution in [2.24, 2.45) is 0 Å². The van der Waals surface area contributed by atoms with E-state index < -0.39 is 114 Å². The molecule has 0 spiro atoms. The summed E-state index contributed by atoms with van der Waals surface area (Å²) in [7, 11) is 0. The summed E-state index contributed by atoms with van der Waals surface area (Å²) in [4.78, 5) is 0. The van der Waals surface area contributed by atoms with E-state index in [9.17, 15) is 39.5 Å². The molecule has 0 fully saturated rings. The molecule has 5 aromatic rings. The van der Waals surface area contributed by atoms with Gasteiger partial charge in [0.1, 0.15) is 5.82 Å². The predicted molar refractivity (Wildman–Crippen MR) is 112 cm³/mol. The number of hydrogen-bond donors (Lipinski definition) is 0. The van der Waals surface area contributed by atoms with E-state index in [4.69, 9.17) is 0 Å². The molecule has 0 aliphatic heterocycles. The maximum atomic E-state index is 15.3. The van der Waals surface area contributed by atoms with Crippen LogP contribution in [0.3, 0.4) is 0 Å². The van der Waals surface area contributed by atoms with Gasteiger partial charge in [-0.2, -0.15) is 0 Å². The SMILES string of the molecule is Fc1cc(-c2c3cccc(F)c3c(-c3c(F)c(F)cc(F)c3F)c3c(F)c(F)c(F)c(F)c23)cc(F)c1F. The van der Waals surface area contributed by atoms with Gasteiger partial charge >= 0.3 is 0 Å². The Balaban J connectivity index is 2.21. The van der Waals surface area contributed by atoms with Gasteiger partial charge in [0, 0.05) is 33.4 Å². The smallest absolute Gasteiger partial charge is 0.198 e. The summed E-state index contributed by atoms with van der Waals surface area (Å²) in [5.74, 6) is -25.6. The van der Waals surface area contributed by atoms with Crippen LogP contribution in [0.5, 0.6) is 0 Å². The summed E-state index contributed by atoms with van der Waals surface area (Å²) in [6.07, 6.45) is 0. The Morgan fingerprint density at radius 1 is 0.342 bits per heavy atom. The van der Waals surface area contributed by atoms with Crippen molar-refractivity contribution in [1.82, 2.24) is 0 Å². The molecule has 0 heterocycles. The standard InChI is InChI=1S/C26H6F12/c27-9-3-1-2-8-14(7-4-10(28)20(32)11(29)5-7)17-18(24(36)26(38)25(37)23(17)35)16(15(8)9)19-21(33)12(30)6-13(31)22(19)34/h1-6H. The van der Waals surface area contributed by atoms with Gasteiger partial charge in [0.2, 0.25) is 0 Å². The van der Waals surface area contributed by atoms with Crippen LogP contribution in [0.15, 0.2) is 36.4 Å². The molecule has 0 aromatic heterocycles. The topological polar surface area (TPSA) is 0 Å². The molecule has 0 radical (unpaired) electrons. The van der Waals surface area contributed by atoms with Gasteiger partial charge in [-0.3, -0.25) is 0 Å². The van der Waals surface area contributed by atoms with Gasteiger partial charge in [-0.15, -0.1) is 0 Å². The second kappa shape index (κ2) is 8.67. The van der Waals surface area contributed by atoms with Gasteiger partial charge in [0.05, 0.1) is 5.56 Å². The Labute approximate surface area is 203 Å². The molecule has 0 N–H and O–H groups in total. The lowest BCUT2D eigenvalue weighted by Crippen LogP contribution is -2.06. The highest BCUT2D eigenvalue weighted by atomic mass is 19.2. The maximum Gasteiger partial charge on any atom is 0.198 e. The largest absolute Gasteiger partial charge is 0.206 e. The van der Waals surface area contributed by atoms with Crippen molar-refractivity contribution in [3.05, 3.63) is 106 Å². The Hall–Kier alpha value is -4.22. The van der Waals surface area contributed by atoms with Gasteiger partial charge in [0.25, 0.3) is 0 Å². The number of rotatable bonds is 2. The second-order valence-electron chi connectivity index (χ2n) is 8.02. The van der Waals surface area contributed by atoms with Crippen LogP contribution in [0.2, 0.25) is 0 Å². The summed E-state index contributed by atoms with van der Waals surface area (Å²) in [5, 5.41) is -4.93. The molecule has 0 unspecified atom stereocenters. The molecular weight excluding hydrogens is 540 g/mol. The molecule has 0 amide bonds. The molecule has 5 aromatic carbocycles. The van der Waals surface area contributed by atoms with E-state index in [1.807, 2.05) is 0 Å². The fourth-order valence-corrected chi connectivity index (χ4v) is 4.39. The molecule has 38 heavy (non-hydrogen) atoms. The molecule has 0 bridgehead atoms. The summed E-state index contributed by atoms with van der Waals surface area (Å²) in [6, 6.07) is 2.56. The fourth-order valence-electron chi connectivity index (χ4n) is 4.39. The van der Waals surface area contributed by atoms with Gasteiger partial charge < -0.3 is 0 Å². The van der Waals surface area contributed by atoms with E-state index in [1.54, 1.807) is 0 Å². The number of halogens is 12. The van der Waals surface area contributed by atoms with Crippen molar-refractivity contribution in [2.45, 2.75) is 0 Å². The fraction of sp³-hybridized carbons (Fsp3) is 0. The molecule has 0 aliphatic rings. The van der Waals surface area contributed by atoms with Gasteiger partial charge in [0.15, 0.2) is 64.0 Å². The van der Waals surface area contributed by atoms with Crippen molar-refractivity contribution in [1.29, 1.82) is 0 Å². The van der Waals surface area contributed by atoms with Gasteiger partial charge in [-0.25, -0.2) is 52.7 Å². The first-order chi connectivity index (χ1) is 17.9. The zero-order chi connectivity index (χ0) is 27.8. The van der Waals surface area contributed by atoms with Crippen LogP contribution in [-0.2, 0) is 0 Å².